The lowest BCUT2D eigenvalue weighted by Crippen LogP contribution is -2.44. The third-order valence-electron chi connectivity index (χ3n) is 4.44. The third kappa shape index (κ3) is 2.61. The number of anilines is 1. The maximum atomic E-state index is 12.6. The van der Waals surface area contributed by atoms with Crippen molar-refractivity contribution in [3.63, 3.8) is 0 Å². The monoisotopic (exact) mass is 302 g/mol. The van der Waals surface area contributed by atoms with Gasteiger partial charge in [0.05, 0.1) is 5.69 Å². The van der Waals surface area contributed by atoms with E-state index in [9.17, 15) is 9.59 Å². The number of likely N-dealkylation sites (N-methyl/N-ethyl adjacent to an activating group) is 1. The van der Waals surface area contributed by atoms with E-state index in [4.69, 9.17) is 4.74 Å². The van der Waals surface area contributed by atoms with Crippen LogP contribution >= 0.6 is 0 Å². The first kappa shape index (κ1) is 15.0. The van der Waals surface area contributed by atoms with Crippen LogP contribution in [-0.4, -0.2) is 37.4 Å². The maximum absolute atomic E-state index is 12.6. The van der Waals surface area contributed by atoms with E-state index in [1.807, 2.05) is 19.1 Å². The molecule has 0 bridgehead atoms. The number of carbonyl (C=O) groups excluding carboxylic acids is 2. The van der Waals surface area contributed by atoms with Gasteiger partial charge in [0.2, 0.25) is 0 Å². The molecule has 118 valence electrons. The lowest BCUT2D eigenvalue weighted by atomic mass is 9.90. The van der Waals surface area contributed by atoms with E-state index in [0.29, 0.717) is 23.5 Å². The molecule has 2 unspecified atom stereocenters. The molecular formula is C17H22N2O3. The number of piperidine rings is 1. The summed E-state index contributed by atoms with van der Waals surface area (Å²) < 4.78 is 5.64. The van der Waals surface area contributed by atoms with E-state index >= 15 is 0 Å². The average molecular weight is 302 g/mol. The Hall–Kier alpha value is -1.88. The smallest absolute Gasteiger partial charge is 0.267 e. The van der Waals surface area contributed by atoms with E-state index < -0.39 is 6.10 Å². The lowest BCUT2D eigenvalue weighted by Gasteiger charge is -2.32. The fraction of sp³-hybridized carbons (Fsp3) is 0.529. The highest BCUT2D eigenvalue weighted by Crippen LogP contribution is 2.35. The van der Waals surface area contributed by atoms with Crippen molar-refractivity contribution in [3.05, 3.63) is 23.8 Å². The first-order chi connectivity index (χ1) is 10.6. The summed E-state index contributed by atoms with van der Waals surface area (Å²) in [6, 6.07) is 5.43. The van der Waals surface area contributed by atoms with Gasteiger partial charge >= 0.3 is 0 Å². The number of nitrogens with one attached hydrogen (secondary N) is 1. The van der Waals surface area contributed by atoms with Gasteiger partial charge in [0.1, 0.15) is 5.75 Å². The molecule has 2 aliphatic rings. The second-order valence-corrected chi connectivity index (χ2v) is 5.93. The van der Waals surface area contributed by atoms with Gasteiger partial charge in [0.25, 0.3) is 5.91 Å². The third-order valence-corrected chi connectivity index (χ3v) is 4.44. The highest BCUT2D eigenvalue weighted by molar-refractivity contribution is 6.03. The Morgan fingerprint density at radius 3 is 2.95 bits per heavy atom. The summed E-state index contributed by atoms with van der Waals surface area (Å²) in [6.07, 6.45) is 1.48. The predicted molar refractivity (Wildman–Crippen MR) is 84.5 cm³/mol. The summed E-state index contributed by atoms with van der Waals surface area (Å²) in [7, 11) is 0. The zero-order chi connectivity index (χ0) is 15.7. The number of rotatable bonds is 3. The van der Waals surface area contributed by atoms with Gasteiger partial charge < -0.3 is 15.0 Å². The highest BCUT2D eigenvalue weighted by Gasteiger charge is 2.31. The number of fused-ring (bicyclic) bond motifs is 1. The first-order valence-electron chi connectivity index (χ1n) is 7.98. The van der Waals surface area contributed by atoms with E-state index in [1.54, 1.807) is 17.9 Å². The van der Waals surface area contributed by atoms with Crippen LogP contribution in [0.1, 0.15) is 37.0 Å². The van der Waals surface area contributed by atoms with Gasteiger partial charge in [0.15, 0.2) is 11.9 Å². The molecule has 1 fully saturated rings. The number of ketones is 1. The van der Waals surface area contributed by atoms with Crippen molar-refractivity contribution >= 4 is 17.4 Å². The number of hydrogen-bond donors (Lipinski definition) is 1. The number of nitrogens with zero attached hydrogens (tertiary/aromatic N) is 1. The molecule has 0 radical (unpaired) electrons. The molecule has 0 aromatic heterocycles. The molecule has 0 spiro atoms. The van der Waals surface area contributed by atoms with Crippen LogP contribution in [0.3, 0.4) is 0 Å². The molecule has 3 rings (SSSR count). The van der Waals surface area contributed by atoms with Crippen LogP contribution in [0.25, 0.3) is 0 Å². The number of ether oxygens (including phenoxy) is 1. The number of hydrogen-bond acceptors (Lipinski definition) is 4. The fourth-order valence-electron chi connectivity index (χ4n) is 3.20. The van der Waals surface area contributed by atoms with Crippen molar-refractivity contribution in [1.82, 2.24) is 5.32 Å². The van der Waals surface area contributed by atoms with E-state index in [2.05, 4.69) is 5.32 Å². The Morgan fingerprint density at radius 1 is 1.45 bits per heavy atom. The summed E-state index contributed by atoms with van der Waals surface area (Å²) in [5.41, 5.74) is 1.37. The quantitative estimate of drug-likeness (QED) is 0.868. The second-order valence-electron chi connectivity index (χ2n) is 5.93. The Balaban J connectivity index is 1.91. The van der Waals surface area contributed by atoms with Crippen LogP contribution in [0.4, 0.5) is 5.69 Å². The van der Waals surface area contributed by atoms with Crippen molar-refractivity contribution < 1.29 is 14.3 Å². The van der Waals surface area contributed by atoms with Crippen molar-refractivity contribution in [2.75, 3.05) is 24.5 Å². The molecule has 5 heteroatoms. The number of amides is 1. The summed E-state index contributed by atoms with van der Waals surface area (Å²) in [5.74, 6) is 0.796. The number of Topliss-reactive ketones (excluding diaryl/α,β-unsaturated/α-hetero) is 1. The highest BCUT2D eigenvalue weighted by atomic mass is 16.5. The van der Waals surface area contributed by atoms with Crippen LogP contribution in [0.15, 0.2) is 18.2 Å². The average Bonchev–Trinajstić information content (AvgIpc) is 2.56. The van der Waals surface area contributed by atoms with Gasteiger partial charge in [-0.15, -0.1) is 0 Å². The van der Waals surface area contributed by atoms with Crippen LogP contribution in [0, 0.1) is 5.92 Å². The Bertz CT molecular complexity index is 594. The molecule has 2 heterocycles. The molecule has 1 saturated heterocycles. The predicted octanol–water partition coefficient (Wildman–Crippen LogP) is 2.00. The van der Waals surface area contributed by atoms with Crippen LogP contribution < -0.4 is 15.0 Å². The standard InChI is InChI=1S/C17H22N2O3/c1-3-19-14-9-12(16(20)13-5-4-8-18-10-13)6-7-15(14)22-11(2)17(19)21/h6-7,9,11,13,18H,3-5,8,10H2,1-2H3. The largest absolute Gasteiger partial charge is 0.479 e. The van der Waals surface area contributed by atoms with Crippen molar-refractivity contribution in [1.29, 1.82) is 0 Å². The summed E-state index contributed by atoms with van der Waals surface area (Å²) in [6.45, 7) is 5.97. The summed E-state index contributed by atoms with van der Waals surface area (Å²) >= 11 is 0. The van der Waals surface area contributed by atoms with Crippen LogP contribution in [0.2, 0.25) is 0 Å². The van der Waals surface area contributed by atoms with Crippen molar-refractivity contribution in [3.8, 4) is 5.75 Å². The molecule has 1 amide bonds. The zero-order valence-corrected chi connectivity index (χ0v) is 13.1. The Labute approximate surface area is 130 Å². The van der Waals surface area contributed by atoms with Gasteiger partial charge in [-0.25, -0.2) is 0 Å². The minimum atomic E-state index is -0.475. The molecule has 1 N–H and O–H groups in total. The molecule has 2 atom stereocenters. The first-order valence-corrected chi connectivity index (χ1v) is 7.98. The van der Waals surface area contributed by atoms with Gasteiger partial charge in [-0.05, 0) is 51.4 Å². The fourth-order valence-corrected chi connectivity index (χ4v) is 3.20. The van der Waals surface area contributed by atoms with E-state index in [1.165, 1.54) is 0 Å². The lowest BCUT2D eigenvalue weighted by molar-refractivity contribution is -0.125. The van der Waals surface area contributed by atoms with E-state index in [-0.39, 0.29) is 17.6 Å². The molecule has 0 saturated carbocycles. The normalized spacial score (nSPS) is 24.6. The molecule has 1 aromatic carbocycles. The minimum absolute atomic E-state index is 0.0287. The Kier molecular flexibility index (Phi) is 4.16. The van der Waals surface area contributed by atoms with Crippen LogP contribution in [0.5, 0.6) is 5.75 Å². The van der Waals surface area contributed by atoms with Gasteiger partial charge in [-0.3, -0.25) is 9.59 Å². The van der Waals surface area contributed by atoms with Crippen LogP contribution in [-0.2, 0) is 4.79 Å². The summed E-state index contributed by atoms with van der Waals surface area (Å²) in [4.78, 5) is 26.5. The molecule has 22 heavy (non-hydrogen) atoms. The number of benzene rings is 1. The second kappa shape index (κ2) is 6.08. The summed E-state index contributed by atoms with van der Waals surface area (Å²) in [5, 5.41) is 3.27. The topological polar surface area (TPSA) is 58.6 Å². The van der Waals surface area contributed by atoms with Gasteiger partial charge in [-0.2, -0.15) is 0 Å². The zero-order valence-electron chi connectivity index (χ0n) is 13.1. The number of carbonyl (C=O) groups is 2. The van der Waals surface area contributed by atoms with Crippen molar-refractivity contribution in [2.24, 2.45) is 5.92 Å². The molecule has 0 aliphatic carbocycles. The van der Waals surface area contributed by atoms with Crippen molar-refractivity contribution in [2.45, 2.75) is 32.8 Å². The SMILES string of the molecule is CCN1C(=O)C(C)Oc2ccc(C(=O)C3CCCNC3)cc21. The maximum Gasteiger partial charge on any atom is 0.267 e. The molecule has 1 aromatic rings. The van der Waals surface area contributed by atoms with E-state index in [0.717, 1.165) is 25.9 Å². The minimum Gasteiger partial charge on any atom is -0.479 e. The Morgan fingerprint density at radius 2 is 2.27 bits per heavy atom. The van der Waals surface area contributed by atoms with Gasteiger partial charge in [0, 0.05) is 24.6 Å². The molecular weight excluding hydrogens is 280 g/mol. The molecule has 2 aliphatic heterocycles. The molecule has 5 nitrogen and oxygen atoms in total. The van der Waals surface area contributed by atoms with Gasteiger partial charge in [-0.1, -0.05) is 0 Å².